The zero-order valence-corrected chi connectivity index (χ0v) is 11.2. The molecule has 19 heavy (non-hydrogen) atoms. The normalized spacial score (nSPS) is 10.7. The lowest BCUT2D eigenvalue weighted by Crippen LogP contribution is -2.03. The Hall–Kier alpha value is -1.56. The lowest BCUT2D eigenvalue weighted by Gasteiger charge is -2.04. The van der Waals surface area contributed by atoms with E-state index in [2.05, 4.69) is 5.10 Å². The SMILES string of the molecule is O=C(c1cnn(CCO)c1)c1cc(Cl)cc(Cl)c1O. The number of aromatic nitrogens is 2. The smallest absolute Gasteiger partial charge is 0.200 e. The van der Waals surface area contributed by atoms with E-state index in [1.807, 2.05) is 0 Å². The van der Waals surface area contributed by atoms with Crippen LogP contribution in [0.5, 0.6) is 5.75 Å². The van der Waals surface area contributed by atoms with Crippen LogP contribution in [-0.4, -0.2) is 32.4 Å². The minimum Gasteiger partial charge on any atom is -0.506 e. The van der Waals surface area contributed by atoms with Crippen LogP contribution in [0.3, 0.4) is 0 Å². The lowest BCUT2D eigenvalue weighted by molar-refractivity contribution is 0.103. The van der Waals surface area contributed by atoms with Crippen LogP contribution in [-0.2, 0) is 6.54 Å². The summed E-state index contributed by atoms with van der Waals surface area (Å²) in [5, 5.41) is 22.8. The van der Waals surface area contributed by atoms with Crippen LogP contribution in [0, 0.1) is 0 Å². The fraction of sp³-hybridized carbons (Fsp3) is 0.167. The van der Waals surface area contributed by atoms with E-state index in [0.29, 0.717) is 0 Å². The van der Waals surface area contributed by atoms with Gasteiger partial charge in [0.05, 0.1) is 35.5 Å². The number of hydrogen-bond donors (Lipinski definition) is 2. The number of aromatic hydroxyl groups is 1. The van der Waals surface area contributed by atoms with Crippen molar-refractivity contribution < 1.29 is 15.0 Å². The van der Waals surface area contributed by atoms with Crippen molar-refractivity contribution in [2.75, 3.05) is 6.61 Å². The monoisotopic (exact) mass is 300 g/mol. The van der Waals surface area contributed by atoms with Gasteiger partial charge in [-0.05, 0) is 12.1 Å². The molecule has 0 saturated heterocycles. The van der Waals surface area contributed by atoms with Crippen LogP contribution >= 0.6 is 23.2 Å². The van der Waals surface area contributed by atoms with Crippen molar-refractivity contribution in [1.82, 2.24) is 9.78 Å². The average Bonchev–Trinajstić information content (AvgIpc) is 2.82. The lowest BCUT2D eigenvalue weighted by atomic mass is 10.1. The van der Waals surface area contributed by atoms with Gasteiger partial charge in [-0.3, -0.25) is 9.48 Å². The van der Waals surface area contributed by atoms with Crippen molar-refractivity contribution in [3.8, 4) is 5.75 Å². The molecule has 5 nitrogen and oxygen atoms in total. The van der Waals surface area contributed by atoms with E-state index in [1.54, 1.807) is 0 Å². The second kappa shape index (κ2) is 5.61. The molecule has 100 valence electrons. The molecule has 0 bridgehead atoms. The van der Waals surface area contributed by atoms with Crippen molar-refractivity contribution in [1.29, 1.82) is 0 Å². The number of phenols is 1. The highest BCUT2D eigenvalue weighted by atomic mass is 35.5. The van der Waals surface area contributed by atoms with Crippen LogP contribution in [0.4, 0.5) is 0 Å². The molecule has 0 unspecified atom stereocenters. The number of halogens is 2. The topological polar surface area (TPSA) is 75.4 Å². The summed E-state index contributed by atoms with van der Waals surface area (Å²) in [6.45, 7) is 0.207. The third kappa shape index (κ3) is 2.89. The van der Waals surface area contributed by atoms with Crippen LogP contribution < -0.4 is 0 Å². The van der Waals surface area contributed by atoms with E-state index in [-0.39, 0.29) is 40.1 Å². The van der Waals surface area contributed by atoms with Crippen molar-refractivity contribution in [3.05, 3.63) is 45.7 Å². The maximum absolute atomic E-state index is 12.2. The average molecular weight is 301 g/mol. The van der Waals surface area contributed by atoms with Crippen molar-refractivity contribution in [2.45, 2.75) is 6.54 Å². The number of rotatable bonds is 4. The molecule has 0 aliphatic rings. The molecule has 0 atom stereocenters. The van der Waals surface area contributed by atoms with Crippen LogP contribution in [0.1, 0.15) is 15.9 Å². The van der Waals surface area contributed by atoms with Gasteiger partial charge >= 0.3 is 0 Å². The molecule has 2 N–H and O–H groups in total. The van der Waals surface area contributed by atoms with Gasteiger partial charge in [0.1, 0.15) is 5.75 Å². The summed E-state index contributed by atoms with van der Waals surface area (Å²) in [4.78, 5) is 12.2. The van der Waals surface area contributed by atoms with Gasteiger partial charge in [0, 0.05) is 11.2 Å². The van der Waals surface area contributed by atoms with Gasteiger partial charge in [0.15, 0.2) is 5.78 Å². The van der Waals surface area contributed by atoms with Crippen LogP contribution in [0.25, 0.3) is 0 Å². The second-order valence-electron chi connectivity index (χ2n) is 3.83. The summed E-state index contributed by atoms with van der Waals surface area (Å²) in [5.41, 5.74) is 0.295. The van der Waals surface area contributed by atoms with Gasteiger partial charge < -0.3 is 10.2 Å². The van der Waals surface area contributed by atoms with Crippen LogP contribution in [0.2, 0.25) is 10.0 Å². The number of carbonyl (C=O) groups is 1. The molecular weight excluding hydrogens is 291 g/mol. The highest BCUT2D eigenvalue weighted by molar-refractivity contribution is 6.36. The second-order valence-corrected chi connectivity index (χ2v) is 4.67. The Balaban J connectivity index is 2.38. The summed E-state index contributed by atoms with van der Waals surface area (Å²) in [6, 6.07) is 2.69. The van der Waals surface area contributed by atoms with Gasteiger partial charge in [-0.2, -0.15) is 5.10 Å². The zero-order valence-electron chi connectivity index (χ0n) is 9.68. The molecule has 1 aromatic carbocycles. The summed E-state index contributed by atoms with van der Waals surface area (Å²) in [7, 11) is 0. The number of aliphatic hydroxyl groups excluding tert-OH is 1. The summed E-state index contributed by atoms with van der Waals surface area (Å²) in [6.07, 6.45) is 2.83. The number of phenolic OH excluding ortho intramolecular Hbond substituents is 1. The third-order valence-corrected chi connectivity index (χ3v) is 3.00. The maximum Gasteiger partial charge on any atom is 0.200 e. The van der Waals surface area contributed by atoms with Gasteiger partial charge in [0.25, 0.3) is 0 Å². The van der Waals surface area contributed by atoms with Crippen molar-refractivity contribution in [3.63, 3.8) is 0 Å². The Morgan fingerprint density at radius 1 is 1.37 bits per heavy atom. The van der Waals surface area contributed by atoms with Crippen molar-refractivity contribution >= 4 is 29.0 Å². The molecule has 0 aliphatic carbocycles. The van der Waals surface area contributed by atoms with E-state index in [4.69, 9.17) is 28.3 Å². The first-order chi connectivity index (χ1) is 9.02. The predicted octanol–water partition coefficient (Wildman–Crippen LogP) is 2.12. The molecule has 2 rings (SSSR count). The largest absolute Gasteiger partial charge is 0.506 e. The summed E-state index contributed by atoms with van der Waals surface area (Å²) >= 11 is 11.6. The summed E-state index contributed by atoms with van der Waals surface area (Å²) in [5.74, 6) is -0.753. The first kappa shape index (κ1) is 13.9. The first-order valence-corrected chi connectivity index (χ1v) is 6.14. The standard InChI is InChI=1S/C12H10Cl2N2O3/c13-8-3-9(12(19)10(14)4-8)11(18)7-5-15-16(6-7)1-2-17/h3-6,17,19H,1-2H2. The molecule has 2 aromatic rings. The predicted molar refractivity (Wildman–Crippen MR) is 70.9 cm³/mol. The molecular formula is C12H10Cl2N2O3. The van der Waals surface area contributed by atoms with E-state index in [1.165, 1.54) is 29.2 Å². The molecule has 1 aromatic heterocycles. The third-order valence-electron chi connectivity index (χ3n) is 2.50. The van der Waals surface area contributed by atoms with Gasteiger partial charge in [0.2, 0.25) is 0 Å². The highest BCUT2D eigenvalue weighted by Gasteiger charge is 2.18. The first-order valence-electron chi connectivity index (χ1n) is 5.39. The Morgan fingerprint density at radius 3 is 2.79 bits per heavy atom. The molecule has 1 heterocycles. The van der Waals surface area contributed by atoms with Gasteiger partial charge in [-0.25, -0.2) is 0 Å². The molecule has 0 amide bonds. The van der Waals surface area contributed by atoms with Crippen LogP contribution in [0.15, 0.2) is 24.5 Å². The number of aliphatic hydroxyl groups is 1. The fourth-order valence-corrected chi connectivity index (χ4v) is 2.09. The van der Waals surface area contributed by atoms with E-state index < -0.39 is 5.78 Å². The van der Waals surface area contributed by atoms with E-state index >= 15 is 0 Å². The Bertz CT molecular complexity index is 625. The van der Waals surface area contributed by atoms with Gasteiger partial charge in [-0.1, -0.05) is 23.2 Å². The summed E-state index contributed by atoms with van der Waals surface area (Å²) < 4.78 is 1.43. The molecule has 0 saturated carbocycles. The zero-order chi connectivity index (χ0) is 14.0. The molecule has 7 heteroatoms. The Kier molecular flexibility index (Phi) is 4.09. The quantitative estimate of drug-likeness (QED) is 0.848. The van der Waals surface area contributed by atoms with Crippen molar-refractivity contribution in [2.24, 2.45) is 0 Å². The Labute approximate surface area is 119 Å². The number of nitrogens with zero attached hydrogens (tertiary/aromatic N) is 2. The minimum absolute atomic E-state index is 0.0126. The van der Waals surface area contributed by atoms with Gasteiger partial charge in [-0.15, -0.1) is 0 Å². The molecule has 0 aliphatic heterocycles. The number of ketones is 1. The highest BCUT2D eigenvalue weighted by Crippen LogP contribution is 2.32. The number of benzene rings is 1. The minimum atomic E-state index is -0.439. The van der Waals surface area contributed by atoms with E-state index in [0.717, 1.165) is 0 Å². The number of carbonyl (C=O) groups excluding carboxylic acids is 1. The maximum atomic E-state index is 12.2. The molecule has 0 spiro atoms. The Morgan fingerprint density at radius 2 is 2.11 bits per heavy atom. The fourth-order valence-electron chi connectivity index (χ4n) is 1.60. The van der Waals surface area contributed by atoms with E-state index in [9.17, 15) is 9.90 Å². The molecule has 0 radical (unpaired) electrons. The molecule has 0 fully saturated rings. The number of hydrogen-bond acceptors (Lipinski definition) is 4.